The summed E-state index contributed by atoms with van der Waals surface area (Å²) < 4.78 is 38.2. The fourth-order valence-corrected chi connectivity index (χ4v) is 1.99. The molecule has 0 atom stereocenters. The molecule has 2 aromatic rings. The van der Waals surface area contributed by atoms with E-state index in [1.807, 2.05) is 20.8 Å². The van der Waals surface area contributed by atoms with Gasteiger partial charge in [0.05, 0.1) is 5.02 Å². The molecule has 0 spiro atoms. The molecule has 122 valence electrons. The van der Waals surface area contributed by atoms with Crippen LogP contribution in [0.15, 0.2) is 28.7 Å². The van der Waals surface area contributed by atoms with E-state index in [0.717, 1.165) is 11.6 Å². The van der Waals surface area contributed by atoms with E-state index in [4.69, 9.17) is 23.2 Å². The number of aryl methyl sites for hydroxylation is 2. The highest BCUT2D eigenvalue weighted by Gasteiger charge is 2.07. The van der Waals surface area contributed by atoms with Crippen molar-refractivity contribution in [3.8, 4) is 0 Å². The van der Waals surface area contributed by atoms with Crippen LogP contribution in [0.4, 0.5) is 13.2 Å². The lowest BCUT2D eigenvalue weighted by molar-refractivity contribution is 0.578. The van der Waals surface area contributed by atoms with E-state index in [1.54, 1.807) is 6.07 Å². The third kappa shape index (κ3) is 5.82. The highest BCUT2D eigenvalue weighted by molar-refractivity contribution is 9.10. The maximum Gasteiger partial charge on any atom is 0.147 e. The number of hydrogen-bond acceptors (Lipinski definition) is 0. The van der Waals surface area contributed by atoms with Gasteiger partial charge in [-0.2, -0.15) is 0 Å². The third-order valence-electron chi connectivity index (χ3n) is 2.46. The molecule has 0 nitrogen and oxygen atoms in total. The number of halogens is 6. The SMILES string of the molecule is CC.Cc1ccc(F)c(Cl)c1Br.Cc1ccc(F)c(Cl)c1F. The van der Waals surface area contributed by atoms with Gasteiger partial charge in [0.15, 0.2) is 0 Å². The molecule has 0 aromatic heterocycles. The maximum absolute atomic E-state index is 12.6. The van der Waals surface area contributed by atoms with Crippen LogP contribution in [0.1, 0.15) is 25.0 Å². The molecule has 0 heterocycles. The summed E-state index contributed by atoms with van der Waals surface area (Å²) in [7, 11) is 0. The molecule has 0 aliphatic rings. The minimum atomic E-state index is -0.718. The standard InChI is InChI=1S/C7H5BrClF.C7H5ClF2.C2H6/c1-4-2-3-5(10)7(9)6(4)8;1-4-2-3-5(9)6(8)7(4)10;1-2/h2*2-3H,1H3;1-2H3. The Hall–Kier alpha value is -0.710. The summed E-state index contributed by atoms with van der Waals surface area (Å²) in [5, 5.41) is -0.278. The van der Waals surface area contributed by atoms with E-state index < -0.39 is 16.7 Å². The highest BCUT2D eigenvalue weighted by atomic mass is 79.9. The Labute approximate surface area is 147 Å². The van der Waals surface area contributed by atoms with Crippen LogP contribution in [0.2, 0.25) is 10.0 Å². The Bertz CT molecular complexity index is 522. The maximum atomic E-state index is 12.6. The van der Waals surface area contributed by atoms with E-state index in [1.165, 1.54) is 19.1 Å². The minimum Gasteiger partial charge on any atom is -0.205 e. The molecular formula is C16H16BrCl2F3. The zero-order valence-electron chi connectivity index (χ0n) is 12.6. The molecule has 0 saturated carbocycles. The van der Waals surface area contributed by atoms with Crippen molar-refractivity contribution in [2.45, 2.75) is 27.7 Å². The zero-order chi connectivity index (χ0) is 17.4. The van der Waals surface area contributed by atoms with Crippen LogP contribution >= 0.6 is 39.1 Å². The number of rotatable bonds is 0. The van der Waals surface area contributed by atoms with Gasteiger partial charge in [-0.1, -0.05) is 49.2 Å². The van der Waals surface area contributed by atoms with Gasteiger partial charge in [0.25, 0.3) is 0 Å². The second kappa shape index (κ2) is 10.1. The molecule has 6 heteroatoms. The lowest BCUT2D eigenvalue weighted by atomic mass is 10.2. The first-order chi connectivity index (χ1) is 10.3. The second-order valence-electron chi connectivity index (χ2n) is 3.98. The van der Waals surface area contributed by atoms with Gasteiger partial charge < -0.3 is 0 Å². The van der Waals surface area contributed by atoms with Gasteiger partial charge >= 0.3 is 0 Å². The van der Waals surface area contributed by atoms with E-state index in [0.29, 0.717) is 10.0 Å². The van der Waals surface area contributed by atoms with Gasteiger partial charge in [-0.25, -0.2) is 13.2 Å². The average Bonchev–Trinajstić information content (AvgIpc) is 2.53. The fraction of sp³-hybridized carbons (Fsp3) is 0.250. The molecule has 0 N–H and O–H groups in total. The predicted octanol–water partition coefficient (Wildman–Crippen LogP) is 7.50. The van der Waals surface area contributed by atoms with Crippen molar-refractivity contribution in [3.05, 3.63) is 67.4 Å². The van der Waals surface area contributed by atoms with E-state index in [-0.39, 0.29) is 10.8 Å². The van der Waals surface area contributed by atoms with Gasteiger partial charge in [-0.05, 0) is 53.0 Å². The normalized spacial score (nSPS) is 9.36. The van der Waals surface area contributed by atoms with Crippen LogP contribution in [0.3, 0.4) is 0 Å². The van der Waals surface area contributed by atoms with Crippen LogP contribution in [0.5, 0.6) is 0 Å². The third-order valence-corrected chi connectivity index (χ3v) is 4.42. The predicted molar refractivity (Wildman–Crippen MR) is 91.3 cm³/mol. The molecule has 0 radical (unpaired) electrons. The Morgan fingerprint density at radius 2 is 1.18 bits per heavy atom. The van der Waals surface area contributed by atoms with Crippen LogP contribution in [-0.4, -0.2) is 0 Å². The Morgan fingerprint density at radius 1 is 0.773 bits per heavy atom. The van der Waals surface area contributed by atoms with Crippen molar-refractivity contribution < 1.29 is 13.2 Å². The number of hydrogen-bond donors (Lipinski definition) is 0. The van der Waals surface area contributed by atoms with E-state index in [2.05, 4.69) is 15.9 Å². The van der Waals surface area contributed by atoms with E-state index >= 15 is 0 Å². The molecule has 0 aliphatic heterocycles. The molecule has 0 aliphatic carbocycles. The first kappa shape index (κ1) is 21.3. The Morgan fingerprint density at radius 3 is 1.59 bits per heavy atom. The first-order valence-electron chi connectivity index (χ1n) is 6.46. The zero-order valence-corrected chi connectivity index (χ0v) is 15.7. The first-order valence-corrected chi connectivity index (χ1v) is 8.00. The minimum absolute atomic E-state index is 0.153. The fourth-order valence-electron chi connectivity index (χ4n) is 1.24. The lowest BCUT2D eigenvalue weighted by Crippen LogP contribution is -1.86. The molecule has 0 fully saturated rings. The Balaban J connectivity index is 0.000000360. The van der Waals surface area contributed by atoms with Gasteiger partial charge in [0.2, 0.25) is 0 Å². The quantitative estimate of drug-likeness (QED) is 0.390. The van der Waals surface area contributed by atoms with Crippen molar-refractivity contribution in [2.75, 3.05) is 0 Å². The van der Waals surface area contributed by atoms with Crippen molar-refractivity contribution in [1.82, 2.24) is 0 Å². The summed E-state index contributed by atoms with van der Waals surface area (Å²) in [4.78, 5) is 0. The monoisotopic (exact) mass is 414 g/mol. The van der Waals surface area contributed by atoms with Crippen molar-refractivity contribution in [1.29, 1.82) is 0 Å². The Kier molecular flexibility index (Phi) is 9.81. The van der Waals surface area contributed by atoms with Crippen LogP contribution in [-0.2, 0) is 0 Å². The topological polar surface area (TPSA) is 0 Å². The number of benzene rings is 2. The highest BCUT2D eigenvalue weighted by Crippen LogP contribution is 2.28. The summed E-state index contributed by atoms with van der Waals surface area (Å²) >= 11 is 14.0. The van der Waals surface area contributed by atoms with Gasteiger partial charge in [-0.3, -0.25) is 0 Å². The molecular weight excluding hydrogens is 400 g/mol. The largest absolute Gasteiger partial charge is 0.205 e. The van der Waals surface area contributed by atoms with Gasteiger partial charge in [0, 0.05) is 4.47 Å². The molecule has 0 bridgehead atoms. The van der Waals surface area contributed by atoms with Crippen LogP contribution in [0.25, 0.3) is 0 Å². The van der Waals surface area contributed by atoms with Crippen LogP contribution in [0, 0.1) is 31.3 Å². The second-order valence-corrected chi connectivity index (χ2v) is 5.53. The molecule has 0 unspecified atom stereocenters. The average molecular weight is 416 g/mol. The summed E-state index contributed by atoms with van der Waals surface area (Å²) in [6.07, 6.45) is 0. The van der Waals surface area contributed by atoms with Gasteiger partial charge in [0.1, 0.15) is 22.5 Å². The smallest absolute Gasteiger partial charge is 0.147 e. The van der Waals surface area contributed by atoms with E-state index in [9.17, 15) is 13.2 Å². The molecule has 0 saturated heterocycles. The molecule has 2 rings (SSSR count). The summed E-state index contributed by atoms with van der Waals surface area (Å²) in [6, 6.07) is 5.50. The molecule has 0 amide bonds. The summed E-state index contributed by atoms with van der Waals surface area (Å²) in [6.45, 7) is 7.38. The van der Waals surface area contributed by atoms with Crippen molar-refractivity contribution in [2.24, 2.45) is 0 Å². The van der Waals surface area contributed by atoms with Crippen LogP contribution < -0.4 is 0 Å². The lowest BCUT2D eigenvalue weighted by Gasteiger charge is -1.99. The van der Waals surface area contributed by atoms with Crippen molar-refractivity contribution in [3.63, 3.8) is 0 Å². The summed E-state index contributed by atoms with van der Waals surface area (Å²) in [5.41, 5.74) is 1.29. The molecule has 2 aromatic carbocycles. The van der Waals surface area contributed by atoms with Gasteiger partial charge in [-0.15, -0.1) is 0 Å². The molecule has 22 heavy (non-hydrogen) atoms. The summed E-state index contributed by atoms with van der Waals surface area (Å²) in [5.74, 6) is -1.79. The van der Waals surface area contributed by atoms with Crippen molar-refractivity contribution >= 4 is 39.1 Å².